The van der Waals surface area contributed by atoms with E-state index in [1.165, 1.54) is 0 Å². The lowest BCUT2D eigenvalue weighted by Crippen LogP contribution is -2.07. The summed E-state index contributed by atoms with van der Waals surface area (Å²) in [6, 6.07) is 0. The highest BCUT2D eigenvalue weighted by Gasteiger charge is 2.13. The Balaban J connectivity index is 2.46. The standard InChI is InChI=1S/C8H15N3OS/c1-8(2,3)13-5-6-10-7(4-9)12-11-6/h4-5,9H2,1-3H3. The van der Waals surface area contributed by atoms with Gasteiger partial charge in [-0.25, -0.2) is 0 Å². The van der Waals surface area contributed by atoms with Crippen LogP contribution in [-0.4, -0.2) is 14.9 Å². The molecule has 13 heavy (non-hydrogen) atoms. The Morgan fingerprint density at radius 3 is 2.62 bits per heavy atom. The number of thioether (sulfide) groups is 1. The van der Waals surface area contributed by atoms with Crippen molar-refractivity contribution >= 4 is 11.8 Å². The Morgan fingerprint density at radius 2 is 2.15 bits per heavy atom. The van der Waals surface area contributed by atoms with Crippen LogP contribution in [-0.2, 0) is 12.3 Å². The molecule has 74 valence electrons. The van der Waals surface area contributed by atoms with Gasteiger partial charge in [-0.2, -0.15) is 4.98 Å². The largest absolute Gasteiger partial charge is 0.338 e. The zero-order valence-corrected chi connectivity index (χ0v) is 9.02. The lowest BCUT2D eigenvalue weighted by atomic mass is 10.3. The van der Waals surface area contributed by atoms with Crippen molar-refractivity contribution in [1.29, 1.82) is 0 Å². The van der Waals surface area contributed by atoms with Gasteiger partial charge < -0.3 is 10.3 Å². The third-order valence-electron chi connectivity index (χ3n) is 1.32. The normalized spacial score (nSPS) is 12.0. The van der Waals surface area contributed by atoms with Crippen molar-refractivity contribution in [2.75, 3.05) is 0 Å². The molecule has 0 unspecified atom stereocenters. The predicted octanol–water partition coefficient (Wildman–Crippen LogP) is 1.56. The topological polar surface area (TPSA) is 64.9 Å². The van der Waals surface area contributed by atoms with Gasteiger partial charge in [0.15, 0.2) is 5.82 Å². The fraction of sp³-hybridized carbons (Fsp3) is 0.750. The van der Waals surface area contributed by atoms with Gasteiger partial charge in [0.05, 0.1) is 12.3 Å². The van der Waals surface area contributed by atoms with E-state index in [0.29, 0.717) is 12.4 Å². The second-order valence-electron chi connectivity index (χ2n) is 3.71. The monoisotopic (exact) mass is 201 g/mol. The van der Waals surface area contributed by atoms with Gasteiger partial charge in [-0.15, -0.1) is 11.8 Å². The van der Waals surface area contributed by atoms with Crippen LogP contribution in [0.15, 0.2) is 4.52 Å². The van der Waals surface area contributed by atoms with Crippen molar-refractivity contribution in [3.63, 3.8) is 0 Å². The van der Waals surface area contributed by atoms with Crippen molar-refractivity contribution in [1.82, 2.24) is 10.1 Å². The molecule has 0 atom stereocenters. The third-order valence-corrected chi connectivity index (χ3v) is 2.59. The second-order valence-corrected chi connectivity index (χ2v) is 5.51. The minimum Gasteiger partial charge on any atom is -0.338 e. The van der Waals surface area contributed by atoms with Crippen LogP contribution < -0.4 is 5.73 Å². The molecule has 0 fully saturated rings. The van der Waals surface area contributed by atoms with Crippen molar-refractivity contribution in [3.05, 3.63) is 11.7 Å². The van der Waals surface area contributed by atoms with Gasteiger partial charge in [0.25, 0.3) is 0 Å². The molecule has 0 saturated carbocycles. The molecular formula is C8H15N3OS. The molecule has 0 aliphatic rings. The highest BCUT2D eigenvalue weighted by atomic mass is 32.2. The first-order valence-electron chi connectivity index (χ1n) is 4.17. The molecule has 0 saturated heterocycles. The Hall–Kier alpha value is -0.550. The summed E-state index contributed by atoms with van der Waals surface area (Å²) in [4.78, 5) is 4.11. The Kier molecular flexibility index (Phi) is 3.33. The van der Waals surface area contributed by atoms with Crippen LogP contribution in [0.3, 0.4) is 0 Å². The van der Waals surface area contributed by atoms with Crippen LogP contribution in [0.2, 0.25) is 0 Å². The average Bonchev–Trinajstić information content (AvgIpc) is 2.47. The van der Waals surface area contributed by atoms with Gasteiger partial charge in [0, 0.05) is 4.75 Å². The number of aromatic nitrogens is 2. The second kappa shape index (κ2) is 4.11. The molecule has 0 aliphatic heterocycles. The van der Waals surface area contributed by atoms with Crippen LogP contribution in [0.5, 0.6) is 0 Å². The Bertz CT molecular complexity index is 267. The Morgan fingerprint density at radius 1 is 1.46 bits per heavy atom. The molecule has 2 N–H and O–H groups in total. The third kappa shape index (κ3) is 3.78. The maximum Gasteiger partial charge on any atom is 0.240 e. The van der Waals surface area contributed by atoms with E-state index >= 15 is 0 Å². The van der Waals surface area contributed by atoms with E-state index in [4.69, 9.17) is 10.3 Å². The first-order valence-corrected chi connectivity index (χ1v) is 5.15. The summed E-state index contributed by atoms with van der Waals surface area (Å²) in [6.07, 6.45) is 0. The molecule has 0 radical (unpaired) electrons. The van der Waals surface area contributed by atoms with E-state index < -0.39 is 0 Å². The summed E-state index contributed by atoms with van der Waals surface area (Å²) in [5.74, 6) is 2.00. The summed E-state index contributed by atoms with van der Waals surface area (Å²) in [5.41, 5.74) is 5.34. The van der Waals surface area contributed by atoms with E-state index in [1.807, 2.05) is 0 Å². The molecule has 5 heteroatoms. The zero-order chi connectivity index (χ0) is 9.90. The van der Waals surface area contributed by atoms with Crippen LogP contribution >= 0.6 is 11.8 Å². The number of nitrogens with zero attached hydrogens (tertiary/aromatic N) is 2. The van der Waals surface area contributed by atoms with Crippen molar-refractivity contribution in [2.24, 2.45) is 5.73 Å². The van der Waals surface area contributed by atoms with Crippen molar-refractivity contribution in [3.8, 4) is 0 Å². The summed E-state index contributed by atoms with van der Waals surface area (Å²) < 4.78 is 5.11. The van der Waals surface area contributed by atoms with Crippen LogP contribution in [0, 0.1) is 0 Å². The van der Waals surface area contributed by atoms with E-state index in [9.17, 15) is 0 Å². The SMILES string of the molecule is CC(C)(C)SCc1noc(CN)n1. The molecule has 4 nitrogen and oxygen atoms in total. The summed E-state index contributed by atoms with van der Waals surface area (Å²) in [7, 11) is 0. The molecule has 1 aromatic rings. The molecule has 0 aliphatic carbocycles. The fourth-order valence-electron chi connectivity index (χ4n) is 0.713. The number of nitrogens with two attached hydrogens (primary N) is 1. The van der Waals surface area contributed by atoms with Crippen molar-refractivity contribution < 1.29 is 4.52 Å². The number of hydrogen-bond donors (Lipinski definition) is 1. The van der Waals surface area contributed by atoms with E-state index in [-0.39, 0.29) is 4.75 Å². The predicted molar refractivity (Wildman–Crippen MR) is 53.2 cm³/mol. The first kappa shape index (κ1) is 10.5. The molecule has 1 aromatic heterocycles. The highest BCUT2D eigenvalue weighted by Crippen LogP contribution is 2.25. The first-order chi connectivity index (χ1) is 6.01. The van der Waals surface area contributed by atoms with Crippen molar-refractivity contribution in [2.45, 2.75) is 37.8 Å². The van der Waals surface area contributed by atoms with Crippen LogP contribution in [0.1, 0.15) is 32.5 Å². The number of hydrogen-bond acceptors (Lipinski definition) is 5. The smallest absolute Gasteiger partial charge is 0.240 e. The molecule has 1 rings (SSSR count). The minimum atomic E-state index is 0.226. The maximum atomic E-state index is 5.34. The average molecular weight is 201 g/mol. The van der Waals surface area contributed by atoms with Crippen LogP contribution in [0.25, 0.3) is 0 Å². The van der Waals surface area contributed by atoms with Gasteiger partial charge in [0.1, 0.15) is 0 Å². The lowest BCUT2D eigenvalue weighted by Gasteiger charge is -2.15. The zero-order valence-electron chi connectivity index (χ0n) is 8.20. The Labute approximate surface area is 82.3 Å². The number of rotatable bonds is 3. The van der Waals surface area contributed by atoms with Crippen LogP contribution in [0.4, 0.5) is 0 Å². The van der Waals surface area contributed by atoms with Gasteiger partial charge in [-0.3, -0.25) is 0 Å². The molecule has 0 aromatic carbocycles. The molecular weight excluding hydrogens is 186 g/mol. The lowest BCUT2D eigenvalue weighted by molar-refractivity contribution is 0.376. The molecule has 0 spiro atoms. The van der Waals surface area contributed by atoms with E-state index in [1.54, 1.807) is 11.8 Å². The fourth-order valence-corrected chi connectivity index (χ4v) is 1.39. The van der Waals surface area contributed by atoms with Gasteiger partial charge in [-0.1, -0.05) is 25.9 Å². The summed E-state index contributed by atoms with van der Waals surface area (Å²) in [5, 5.41) is 3.80. The van der Waals surface area contributed by atoms with Gasteiger partial charge in [0.2, 0.25) is 5.89 Å². The molecule has 1 heterocycles. The van der Waals surface area contributed by atoms with Gasteiger partial charge in [-0.05, 0) is 0 Å². The highest BCUT2D eigenvalue weighted by molar-refractivity contribution is 7.99. The summed E-state index contributed by atoms with van der Waals surface area (Å²) >= 11 is 1.78. The molecule has 0 bridgehead atoms. The maximum absolute atomic E-state index is 5.34. The summed E-state index contributed by atoms with van der Waals surface area (Å²) in [6.45, 7) is 6.78. The van der Waals surface area contributed by atoms with E-state index in [0.717, 1.165) is 11.6 Å². The van der Waals surface area contributed by atoms with E-state index in [2.05, 4.69) is 30.9 Å². The minimum absolute atomic E-state index is 0.226. The quantitative estimate of drug-likeness (QED) is 0.804. The molecule has 0 amide bonds. The van der Waals surface area contributed by atoms with Gasteiger partial charge >= 0.3 is 0 Å².